The number of pyridine rings is 1. The number of carbonyl (C=O) groups is 2. The summed E-state index contributed by atoms with van der Waals surface area (Å²) in [6.07, 6.45) is 1.85. The molecule has 0 aliphatic rings. The minimum Gasteiger partial charge on any atom is -0.480 e. The molecule has 104 valence electrons. The predicted molar refractivity (Wildman–Crippen MR) is 75.5 cm³/mol. The minimum atomic E-state index is -1.28. The van der Waals surface area contributed by atoms with E-state index in [1.807, 2.05) is 18.2 Å². The van der Waals surface area contributed by atoms with Gasteiger partial charge in [0.15, 0.2) is 0 Å². The second-order valence-electron chi connectivity index (χ2n) is 4.82. The molecule has 1 heterocycles. The monoisotopic (exact) mass is 272 g/mol. The molecule has 2 aromatic rings. The summed E-state index contributed by atoms with van der Waals surface area (Å²) in [5.74, 6) is -1.46. The van der Waals surface area contributed by atoms with Crippen LogP contribution in [-0.4, -0.2) is 27.5 Å². The Bertz CT molecular complexity index is 664. The summed E-state index contributed by atoms with van der Waals surface area (Å²) in [5, 5.41) is 12.5. The highest BCUT2D eigenvalue weighted by Crippen LogP contribution is 2.18. The van der Waals surface area contributed by atoms with Crippen LogP contribution in [0.5, 0.6) is 0 Å². The van der Waals surface area contributed by atoms with Crippen LogP contribution in [0.2, 0.25) is 0 Å². The molecule has 0 spiro atoms. The second-order valence-corrected chi connectivity index (χ2v) is 4.82. The van der Waals surface area contributed by atoms with E-state index in [4.69, 9.17) is 0 Å². The number of para-hydroxylation sites is 1. The SMILES string of the molecule is CCC(C)(NC(=O)c1ccnc2ccccc12)C(=O)O. The fraction of sp³-hybridized carbons (Fsp3) is 0.267. The molecular weight excluding hydrogens is 256 g/mol. The molecule has 1 aromatic heterocycles. The van der Waals surface area contributed by atoms with Gasteiger partial charge in [0.05, 0.1) is 11.1 Å². The van der Waals surface area contributed by atoms with Crippen LogP contribution in [0, 0.1) is 0 Å². The van der Waals surface area contributed by atoms with Gasteiger partial charge in [-0.1, -0.05) is 25.1 Å². The van der Waals surface area contributed by atoms with Gasteiger partial charge in [0, 0.05) is 11.6 Å². The predicted octanol–water partition coefficient (Wildman–Crippen LogP) is 2.22. The van der Waals surface area contributed by atoms with Gasteiger partial charge in [-0.05, 0) is 25.5 Å². The summed E-state index contributed by atoms with van der Waals surface area (Å²) in [6, 6.07) is 8.85. The van der Waals surface area contributed by atoms with Crippen molar-refractivity contribution in [1.82, 2.24) is 10.3 Å². The lowest BCUT2D eigenvalue weighted by molar-refractivity contribution is -0.143. The molecule has 1 atom stereocenters. The van der Waals surface area contributed by atoms with E-state index in [1.54, 1.807) is 25.3 Å². The molecule has 1 amide bonds. The van der Waals surface area contributed by atoms with Gasteiger partial charge in [-0.25, -0.2) is 4.79 Å². The highest BCUT2D eigenvalue weighted by atomic mass is 16.4. The number of fused-ring (bicyclic) bond motifs is 1. The first-order valence-corrected chi connectivity index (χ1v) is 6.37. The number of nitrogens with one attached hydrogen (secondary N) is 1. The van der Waals surface area contributed by atoms with Crippen LogP contribution in [0.1, 0.15) is 30.6 Å². The summed E-state index contributed by atoms with van der Waals surface area (Å²) < 4.78 is 0. The topological polar surface area (TPSA) is 79.3 Å². The number of aromatic nitrogens is 1. The molecule has 5 nitrogen and oxygen atoms in total. The molecule has 0 saturated heterocycles. The van der Waals surface area contributed by atoms with Crippen molar-refractivity contribution < 1.29 is 14.7 Å². The molecule has 1 unspecified atom stereocenters. The van der Waals surface area contributed by atoms with Crippen molar-refractivity contribution in [3.05, 3.63) is 42.1 Å². The molecule has 20 heavy (non-hydrogen) atoms. The highest BCUT2D eigenvalue weighted by molar-refractivity contribution is 6.07. The number of benzene rings is 1. The van der Waals surface area contributed by atoms with Crippen LogP contribution >= 0.6 is 0 Å². The second kappa shape index (κ2) is 5.28. The lowest BCUT2D eigenvalue weighted by Crippen LogP contribution is -2.51. The van der Waals surface area contributed by atoms with Crippen molar-refractivity contribution in [3.63, 3.8) is 0 Å². The Kier molecular flexibility index (Phi) is 3.70. The first-order chi connectivity index (χ1) is 9.48. The number of amides is 1. The minimum absolute atomic E-state index is 0.303. The molecule has 0 aliphatic carbocycles. The summed E-state index contributed by atoms with van der Waals surface area (Å²) in [7, 11) is 0. The van der Waals surface area contributed by atoms with E-state index in [-0.39, 0.29) is 0 Å². The third-order valence-corrected chi connectivity index (χ3v) is 3.46. The van der Waals surface area contributed by atoms with Crippen molar-refractivity contribution in [2.24, 2.45) is 0 Å². The normalized spacial score (nSPS) is 13.7. The largest absolute Gasteiger partial charge is 0.480 e. The van der Waals surface area contributed by atoms with Crippen molar-refractivity contribution in [1.29, 1.82) is 0 Å². The summed E-state index contributed by atoms with van der Waals surface area (Å²) in [4.78, 5) is 27.8. The fourth-order valence-electron chi connectivity index (χ4n) is 1.90. The molecule has 0 saturated carbocycles. The molecule has 5 heteroatoms. The van der Waals surface area contributed by atoms with E-state index in [9.17, 15) is 14.7 Å². The Morgan fingerprint density at radius 2 is 2.00 bits per heavy atom. The number of aliphatic carboxylic acids is 1. The van der Waals surface area contributed by atoms with E-state index in [0.29, 0.717) is 22.9 Å². The Morgan fingerprint density at radius 3 is 2.65 bits per heavy atom. The number of rotatable bonds is 4. The quantitative estimate of drug-likeness (QED) is 0.894. The number of nitrogens with zero attached hydrogens (tertiary/aromatic N) is 1. The molecule has 0 fully saturated rings. The van der Waals surface area contributed by atoms with Gasteiger partial charge in [-0.3, -0.25) is 9.78 Å². The average molecular weight is 272 g/mol. The van der Waals surface area contributed by atoms with Crippen LogP contribution < -0.4 is 5.32 Å². The molecule has 2 rings (SSSR count). The first-order valence-electron chi connectivity index (χ1n) is 6.37. The molecule has 0 aliphatic heterocycles. The highest BCUT2D eigenvalue weighted by Gasteiger charge is 2.33. The third-order valence-electron chi connectivity index (χ3n) is 3.46. The van der Waals surface area contributed by atoms with Gasteiger partial charge < -0.3 is 10.4 Å². The van der Waals surface area contributed by atoms with Crippen LogP contribution in [0.25, 0.3) is 10.9 Å². The number of carbonyl (C=O) groups excluding carboxylic acids is 1. The van der Waals surface area contributed by atoms with Crippen molar-refractivity contribution in [2.45, 2.75) is 25.8 Å². The maximum Gasteiger partial charge on any atom is 0.329 e. The molecule has 0 bridgehead atoms. The van der Waals surface area contributed by atoms with E-state index >= 15 is 0 Å². The third kappa shape index (κ3) is 2.47. The first kappa shape index (κ1) is 14.0. The van der Waals surface area contributed by atoms with Crippen LogP contribution in [0.4, 0.5) is 0 Å². The van der Waals surface area contributed by atoms with Gasteiger partial charge in [0.1, 0.15) is 5.54 Å². The Balaban J connectivity index is 2.40. The number of carboxylic acid groups (broad SMARTS) is 1. The molecule has 0 radical (unpaired) electrons. The summed E-state index contributed by atoms with van der Waals surface area (Å²) >= 11 is 0. The van der Waals surface area contributed by atoms with E-state index in [2.05, 4.69) is 10.3 Å². The van der Waals surface area contributed by atoms with Gasteiger partial charge in [0.2, 0.25) is 0 Å². The smallest absolute Gasteiger partial charge is 0.329 e. The van der Waals surface area contributed by atoms with Gasteiger partial charge >= 0.3 is 5.97 Å². The van der Waals surface area contributed by atoms with Crippen molar-refractivity contribution in [2.75, 3.05) is 0 Å². The van der Waals surface area contributed by atoms with Gasteiger partial charge in [-0.2, -0.15) is 0 Å². The number of carboxylic acids is 1. The van der Waals surface area contributed by atoms with Crippen molar-refractivity contribution >= 4 is 22.8 Å². The number of hydrogen-bond donors (Lipinski definition) is 2. The fourth-order valence-corrected chi connectivity index (χ4v) is 1.90. The summed E-state index contributed by atoms with van der Waals surface area (Å²) in [5.41, 5.74) is -0.147. The zero-order valence-electron chi connectivity index (χ0n) is 11.4. The molecular formula is C15H16N2O3. The maximum absolute atomic E-state index is 12.3. The van der Waals surface area contributed by atoms with Gasteiger partial charge in [-0.15, -0.1) is 0 Å². The van der Waals surface area contributed by atoms with E-state index in [0.717, 1.165) is 0 Å². The average Bonchev–Trinajstić information content (AvgIpc) is 2.46. The zero-order chi connectivity index (χ0) is 14.8. The Labute approximate surface area is 116 Å². The van der Waals surface area contributed by atoms with Crippen molar-refractivity contribution in [3.8, 4) is 0 Å². The van der Waals surface area contributed by atoms with E-state index in [1.165, 1.54) is 6.92 Å². The Hall–Kier alpha value is -2.43. The standard InChI is InChI=1S/C15H16N2O3/c1-3-15(2,14(19)20)17-13(18)11-8-9-16-12-7-5-4-6-10(11)12/h4-9H,3H2,1-2H3,(H,17,18)(H,19,20). The number of hydrogen-bond acceptors (Lipinski definition) is 3. The molecule has 2 N–H and O–H groups in total. The van der Waals surface area contributed by atoms with E-state index < -0.39 is 17.4 Å². The van der Waals surface area contributed by atoms with Gasteiger partial charge in [0.25, 0.3) is 5.91 Å². The van der Waals surface area contributed by atoms with Crippen LogP contribution in [0.15, 0.2) is 36.5 Å². The van der Waals surface area contributed by atoms with Crippen LogP contribution in [0.3, 0.4) is 0 Å². The van der Waals surface area contributed by atoms with Crippen LogP contribution in [-0.2, 0) is 4.79 Å². The maximum atomic E-state index is 12.3. The lowest BCUT2D eigenvalue weighted by atomic mass is 9.98. The zero-order valence-corrected chi connectivity index (χ0v) is 11.4. The Morgan fingerprint density at radius 1 is 1.30 bits per heavy atom. The summed E-state index contributed by atoms with van der Waals surface area (Å²) in [6.45, 7) is 3.22. The molecule has 1 aromatic carbocycles. The lowest BCUT2D eigenvalue weighted by Gasteiger charge is -2.24.